The van der Waals surface area contributed by atoms with Gasteiger partial charge in [0.25, 0.3) is 5.91 Å². The van der Waals surface area contributed by atoms with E-state index in [-0.39, 0.29) is 23.5 Å². The van der Waals surface area contributed by atoms with Gasteiger partial charge >= 0.3 is 0 Å². The van der Waals surface area contributed by atoms with E-state index < -0.39 is 0 Å². The van der Waals surface area contributed by atoms with E-state index in [0.717, 1.165) is 42.6 Å². The highest BCUT2D eigenvalue weighted by Crippen LogP contribution is 2.51. The molecule has 4 heteroatoms. The number of rotatable bonds is 3. The first kappa shape index (κ1) is 18.2. The number of ether oxygens (including phenoxy) is 1. The maximum Gasteiger partial charge on any atom is 0.252 e. The molecule has 2 aromatic carbocycles. The van der Waals surface area contributed by atoms with E-state index in [0.29, 0.717) is 0 Å². The SMILES string of the molecule is COC1C(NC(=O)c2cc(C)ccc2C)c2ccccc2C12CCNCC2. The fourth-order valence-corrected chi connectivity index (χ4v) is 5.00. The topological polar surface area (TPSA) is 50.4 Å². The maximum absolute atomic E-state index is 13.1. The van der Waals surface area contributed by atoms with Gasteiger partial charge in [0.15, 0.2) is 0 Å². The second kappa shape index (κ2) is 7.10. The Bertz CT molecular complexity index is 855. The summed E-state index contributed by atoms with van der Waals surface area (Å²) in [6.07, 6.45) is 2.00. The minimum absolute atomic E-state index is 0.0240. The number of piperidine rings is 1. The Morgan fingerprint density at radius 2 is 1.89 bits per heavy atom. The van der Waals surface area contributed by atoms with Gasteiger partial charge in [-0.3, -0.25) is 4.79 Å². The Balaban J connectivity index is 1.71. The van der Waals surface area contributed by atoms with Crippen molar-refractivity contribution in [2.75, 3.05) is 20.2 Å². The number of hydrogen-bond acceptors (Lipinski definition) is 3. The van der Waals surface area contributed by atoms with Gasteiger partial charge in [-0.05, 0) is 62.5 Å². The molecule has 27 heavy (non-hydrogen) atoms. The minimum atomic E-state index is -0.128. The van der Waals surface area contributed by atoms with E-state index in [1.165, 1.54) is 11.1 Å². The Hall–Kier alpha value is -2.17. The Morgan fingerprint density at radius 3 is 2.63 bits per heavy atom. The molecule has 2 aromatic rings. The van der Waals surface area contributed by atoms with Crippen LogP contribution in [0.5, 0.6) is 0 Å². The number of aryl methyl sites for hydroxylation is 2. The highest BCUT2D eigenvalue weighted by molar-refractivity contribution is 5.96. The molecule has 1 amide bonds. The molecule has 2 aliphatic rings. The van der Waals surface area contributed by atoms with Crippen LogP contribution in [0.3, 0.4) is 0 Å². The Morgan fingerprint density at radius 1 is 1.15 bits per heavy atom. The van der Waals surface area contributed by atoms with Crippen LogP contribution in [0.4, 0.5) is 0 Å². The van der Waals surface area contributed by atoms with Crippen molar-refractivity contribution in [3.05, 3.63) is 70.3 Å². The number of benzene rings is 2. The van der Waals surface area contributed by atoms with E-state index in [1.54, 1.807) is 7.11 Å². The summed E-state index contributed by atoms with van der Waals surface area (Å²) in [4.78, 5) is 13.1. The monoisotopic (exact) mass is 364 g/mol. The molecule has 2 atom stereocenters. The van der Waals surface area contributed by atoms with E-state index in [9.17, 15) is 4.79 Å². The summed E-state index contributed by atoms with van der Waals surface area (Å²) in [6.45, 7) is 5.96. The van der Waals surface area contributed by atoms with Crippen LogP contribution in [0.15, 0.2) is 42.5 Å². The molecule has 1 fully saturated rings. The van der Waals surface area contributed by atoms with Crippen LogP contribution in [0.25, 0.3) is 0 Å². The molecule has 0 saturated carbocycles. The largest absolute Gasteiger partial charge is 0.378 e. The third-order valence-corrected chi connectivity index (χ3v) is 6.35. The molecule has 4 rings (SSSR count). The normalized spacial score (nSPS) is 23.2. The average molecular weight is 364 g/mol. The van der Waals surface area contributed by atoms with Gasteiger partial charge in [0.1, 0.15) is 0 Å². The summed E-state index contributed by atoms with van der Waals surface area (Å²) < 4.78 is 6.05. The highest BCUT2D eigenvalue weighted by Gasteiger charge is 2.53. The molecule has 0 bridgehead atoms. The van der Waals surface area contributed by atoms with Crippen LogP contribution >= 0.6 is 0 Å². The Kier molecular flexibility index (Phi) is 4.79. The zero-order valence-electron chi connectivity index (χ0n) is 16.3. The summed E-state index contributed by atoms with van der Waals surface area (Å²) in [5.41, 5.74) is 5.34. The van der Waals surface area contributed by atoms with Crippen molar-refractivity contribution in [1.82, 2.24) is 10.6 Å². The lowest BCUT2D eigenvalue weighted by atomic mass is 9.72. The molecular formula is C23H28N2O2. The predicted molar refractivity (Wildman–Crippen MR) is 107 cm³/mol. The number of hydrogen-bond donors (Lipinski definition) is 2. The van der Waals surface area contributed by atoms with E-state index in [4.69, 9.17) is 4.74 Å². The fraction of sp³-hybridized carbons (Fsp3) is 0.435. The summed E-state index contributed by atoms with van der Waals surface area (Å²) in [5.74, 6) is -0.0240. The van der Waals surface area contributed by atoms with Gasteiger partial charge in [-0.2, -0.15) is 0 Å². The minimum Gasteiger partial charge on any atom is -0.378 e. The van der Waals surface area contributed by atoms with Crippen molar-refractivity contribution in [3.8, 4) is 0 Å². The van der Waals surface area contributed by atoms with E-state index in [2.05, 4.69) is 34.9 Å². The first-order valence-electron chi connectivity index (χ1n) is 9.78. The van der Waals surface area contributed by atoms with Crippen molar-refractivity contribution in [3.63, 3.8) is 0 Å². The smallest absolute Gasteiger partial charge is 0.252 e. The van der Waals surface area contributed by atoms with Crippen molar-refractivity contribution in [1.29, 1.82) is 0 Å². The van der Waals surface area contributed by atoms with Crippen molar-refractivity contribution in [2.45, 2.75) is 44.2 Å². The molecule has 2 unspecified atom stereocenters. The summed E-state index contributed by atoms with van der Waals surface area (Å²) in [5, 5.41) is 6.77. The standard InChI is InChI=1S/C23H28N2O2/c1-15-8-9-16(2)18(14-15)22(26)25-20-17-6-4-5-7-19(17)23(21(20)27-3)10-12-24-13-11-23/h4-9,14,20-21,24H,10-13H2,1-3H3,(H,25,26). The maximum atomic E-state index is 13.1. The first-order valence-corrected chi connectivity index (χ1v) is 9.78. The molecule has 1 heterocycles. The van der Waals surface area contributed by atoms with Crippen molar-refractivity contribution >= 4 is 5.91 Å². The Labute approximate surface area is 161 Å². The molecular weight excluding hydrogens is 336 g/mol. The third kappa shape index (κ3) is 2.97. The third-order valence-electron chi connectivity index (χ3n) is 6.35. The van der Waals surface area contributed by atoms with Crippen LogP contribution in [0, 0.1) is 13.8 Å². The van der Waals surface area contributed by atoms with Crippen LogP contribution in [-0.4, -0.2) is 32.2 Å². The van der Waals surface area contributed by atoms with Crippen molar-refractivity contribution < 1.29 is 9.53 Å². The fourth-order valence-electron chi connectivity index (χ4n) is 5.00. The van der Waals surface area contributed by atoms with Crippen LogP contribution in [0.1, 0.15) is 51.5 Å². The summed E-state index contributed by atoms with van der Waals surface area (Å²) >= 11 is 0. The molecule has 1 spiro atoms. The summed E-state index contributed by atoms with van der Waals surface area (Å²) in [7, 11) is 1.78. The highest BCUT2D eigenvalue weighted by atomic mass is 16.5. The second-order valence-corrected chi connectivity index (χ2v) is 7.92. The number of carbonyl (C=O) groups excluding carboxylic acids is 1. The predicted octanol–water partition coefficient (Wildman–Crippen LogP) is 3.42. The van der Waals surface area contributed by atoms with E-state index in [1.807, 2.05) is 32.0 Å². The molecule has 4 nitrogen and oxygen atoms in total. The lowest BCUT2D eigenvalue weighted by Gasteiger charge is -2.40. The van der Waals surface area contributed by atoms with Crippen molar-refractivity contribution in [2.24, 2.45) is 0 Å². The van der Waals surface area contributed by atoms with Gasteiger partial charge < -0.3 is 15.4 Å². The first-order chi connectivity index (χ1) is 13.1. The van der Waals surface area contributed by atoms with Gasteiger partial charge in [0.05, 0.1) is 12.1 Å². The average Bonchev–Trinajstić information content (AvgIpc) is 2.93. The molecule has 0 aromatic heterocycles. The zero-order chi connectivity index (χ0) is 19.0. The zero-order valence-corrected chi connectivity index (χ0v) is 16.3. The number of methoxy groups -OCH3 is 1. The molecule has 142 valence electrons. The molecule has 1 aliphatic carbocycles. The van der Waals surface area contributed by atoms with Gasteiger partial charge in [-0.1, -0.05) is 42.0 Å². The molecule has 0 radical (unpaired) electrons. The van der Waals surface area contributed by atoms with Gasteiger partial charge in [0.2, 0.25) is 0 Å². The lowest BCUT2D eigenvalue weighted by Crippen LogP contribution is -2.49. The number of carbonyl (C=O) groups is 1. The summed E-state index contributed by atoms with van der Waals surface area (Å²) in [6, 6.07) is 14.4. The molecule has 2 N–H and O–H groups in total. The van der Waals surface area contributed by atoms with Crippen LogP contribution in [-0.2, 0) is 10.2 Å². The van der Waals surface area contributed by atoms with Crippen LogP contribution < -0.4 is 10.6 Å². The quantitative estimate of drug-likeness (QED) is 0.877. The number of fused-ring (bicyclic) bond motifs is 2. The van der Waals surface area contributed by atoms with E-state index >= 15 is 0 Å². The van der Waals surface area contributed by atoms with Gasteiger partial charge in [-0.25, -0.2) is 0 Å². The number of nitrogens with one attached hydrogen (secondary N) is 2. The molecule has 1 aliphatic heterocycles. The van der Waals surface area contributed by atoms with Crippen LogP contribution in [0.2, 0.25) is 0 Å². The van der Waals surface area contributed by atoms with Gasteiger partial charge in [-0.15, -0.1) is 0 Å². The molecule has 1 saturated heterocycles. The van der Waals surface area contributed by atoms with Gasteiger partial charge in [0, 0.05) is 18.1 Å². The second-order valence-electron chi connectivity index (χ2n) is 7.92. The number of amides is 1. The lowest BCUT2D eigenvalue weighted by molar-refractivity contribution is 0.00396.